The molecule has 392 valence electrons. The van der Waals surface area contributed by atoms with Crippen LogP contribution < -0.4 is 31.2 Å². The SMILES string of the molecule is Cc1cc2c3c(c1)N(c1ccc(C(C)(C)C)cc1-c1ccccc1)c1c(n(-c4ccccc4-c4ccccc4)c4cc(C(C)(C)C)ccc14)B3c1ccc(N(c3ccccc3)c3ccccc3)cc1N2c1ccc(C(C)(C)C)cc1. The van der Waals surface area contributed by atoms with Gasteiger partial charge >= 0.3 is 0 Å². The Balaban J connectivity index is 1.20. The fourth-order valence-electron chi connectivity index (χ4n) is 12.6. The van der Waals surface area contributed by atoms with Gasteiger partial charge in [-0.2, -0.15) is 0 Å². The van der Waals surface area contributed by atoms with Crippen molar-refractivity contribution in [1.29, 1.82) is 0 Å². The highest BCUT2D eigenvalue weighted by molar-refractivity contribution is 7.00. The Bertz CT molecular complexity index is 4080. The molecule has 80 heavy (non-hydrogen) atoms. The van der Waals surface area contributed by atoms with Gasteiger partial charge in [0.15, 0.2) is 0 Å². The third-order valence-electron chi connectivity index (χ3n) is 16.7. The summed E-state index contributed by atoms with van der Waals surface area (Å²) >= 11 is 0. The Morgan fingerprint density at radius 2 is 0.887 bits per heavy atom. The van der Waals surface area contributed by atoms with Gasteiger partial charge in [0.05, 0.1) is 22.6 Å². The minimum absolute atomic E-state index is 0.0167. The first-order chi connectivity index (χ1) is 38.5. The van der Waals surface area contributed by atoms with Gasteiger partial charge in [-0.25, -0.2) is 0 Å². The summed E-state index contributed by atoms with van der Waals surface area (Å²) in [6.07, 6.45) is 0. The van der Waals surface area contributed by atoms with Crippen LogP contribution in [0.5, 0.6) is 0 Å². The molecule has 0 atom stereocenters. The summed E-state index contributed by atoms with van der Waals surface area (Å²) in [6, 6.07) is 88.9. The van der Waals surface area contributed by atoms with Gasteiger partial charge in [-0.1, -0.05) is 214 Å². The number of hydrogen-bond donors (Lipinski definition) is 0. The van der Waals surface area contributed by atoms with E-state index in [-0.39, 0.29) is 23.0 Å². The fraction of sp³-hybridized carbons (Fsp3) is 0.173. The molecule has 0 amide bonds. The summed E-state index contributed by atoms with van der Waals surface area (Å²) in [5.41, 5.74) is 26.0. The number of benzene rings is 10. The first-order valence-corrected chi connectivity index (χ1v) is 28.5. The highest BCUT2D eigenvalue weighted by atomic mass is 15.2. The molecule has 2 aliphatic heterocycles. The lowest BCUT2D eigenvalue weighted by molar-refractivity contribution is 0.590. The second-order valence-corrected chi connectivity index (χ2v) is 25.1. The maximum atomic E-state index is 2.67. The molecule has 13 rings (SSSR count). The van der Waals surface area contributed by atoms with Crippen LogP contribution in [0.2, 0.25) is 0 Å². The Morgan fingerprint density at radius 1 is 0.375 bits per heavy atom. The van der Waals surface area contributed by atoms with E-state index < -0.39 is 0 Å². The minimum Gasteiger partial charge on any atom is -0.319 e. The molecule has 3 heterocycles. The normalized spacial score (nSPS) is 13.1. The lowest BCUT2D eigenvalue weighted by Gasteiger charge is -2.44. The van der Waals surface area contributed by atoms with Crippen LogP contribution in [0.4, 0.5) is 51.2 Å². The van der Waals surface area contributed by atoms with Crippen LogP contribution >= 0.6 is 0 Å². The molecule has 0 spiro atoms. The van der Waals surface area contributed by atoms with Crippen molar-refractivity contribution in [3.8, 4) is 27.9 Å². The molecule has 0 fully saturated rings. The number of aryl methyl sites for hydroxylation is 1. The second-order valence-electron chi connectivity index (χ2n) is 25.1. The van der Waals surface area contributed by atoms with Gasteiger partial charge in [-0.15, -0.1) is 0 Å². The van der Waals surface area contributed by atoms with Crippen molar-refractivity contribution in [3.63, 3.8) is 0 Å². The van der Waals surface area contributed by atoms with Gasteiger partial charge in [-0.3, -0.25) is 0 Å². The third kappa shape index (κ3) is 8.62. The number of rotatable bonds is 8. The lowest BCUT2D eigenvalue weighted by atomic mass is 9.34. The molecule has 5 heteroatoms. The number of fused-ring (bicyclic) bond motifs is 6. The van der Waals surface area contributed by atoms with E-state index in [1.165, 1.54) is 89.0 Å². The number of aromatic nitrogens is 1. The highest BCUT2D eigenvalue weighted by Gasteiger charge is 2.48. The summed E-state index contributed by atoms with van der Waals surface area (Å²) in [6.45, 7) is 23.0. The molecule has 4 nitrogen and oxygen atoms in total. The molecule has 1 aromatic heterocycles. The van der Waals surface area contributed by atoms with Crippen LogP contribution in [0.1, 0.15) is 84.6 Å². The molecule has 2 aliphatic rings. The molecule has 0 saturated heterocycles. The molecule has 0 radical (unpaired) electrons. The van der Waals surface area contributed by atoms with Crippen LogP contribution in [0.3, 0.4) is 0 Å². The lowest BCUT2D eigenvalue weighted by Crippen LogP contribution is -2.63. The summed E-state index contributed by atoms with van der Waals surface area (Å²) in [7, 11) is 0. The van der Waals surface area contributed by atoms with Crippen molar-refractivity contribution in [3.05, 3.63) is 259 Å². The molecule has 0 N–H and O–H groups in total. The van der Waals surface area contributed by atoms with Crippen LogP contribution in [-0.4, -0.2) is 11.3 Å². The Kier molecular flexibility index (Phi) is 12.2. The summed E-state index contributed by atoms with van der Waals surface area (Å²) in [5.74, 6) is 0. The van der Waals surface area contributed by atoms with Crippen molar-refractivity contribution < 1.29 is 0 Å². The van der Waals surface area contributed by atoms with Crippen molar-refractivity contribution in [2.75, 3.05) is 14.7 Å². The average molecular weight is 1040 g/mol. The predicted molar refractivity (Wildman–Crippen MR) is 344 cm³/mol. The van der Waals surface area contributed by atoms with Crippen molar-refractivity contribution >= 4 is 85.3 Å². The van der Waals surface area contributed by atoms with Gasteiger partial charge in [-0.05, 0) is 152 Å². The number of nitrogens with zero attached hydrogens (tertiary/aromatic N) is 4. The van der Waals surface area contributed by atoms with Crippen LogP contribution in [-0.2, 0) is 16.2 Å². The van der Waals surface area contributed by atoms with Crippen LogP contribution in [0, 0.1) is 6.92 Å². The maximum absolute atomic E-state index is 2.67. The molecular formula is C75H69BN4. The summed E-state index contributed by atoms with van der Waals surface area (Å²) in [4.78, 5) is 7.65. The Labute approximate surface area is 474 Å². The van der Waals surface area contributed by atoms with E-state index in [0.717, 1.165) is 39.8 Å². The van der Waals surface area contributed by atoms with Gasteiger partial charge in [0, 0.05) is 61.9 Å². The molecule has 0 aliphatic carbocycles. The van der Waals surface area contributed by atoms with Crippen LogP contribution in [0.25, 0.3) is 38.8 Å². The molecular weight excluding hydrogens is 968 g/mol. The second kappa shape index (κ2) is 19.2. The Hall–Kier alpha value is -8.80. The molecule has 10 aromatic carbocycles. The fourth-order valence-corrected chi connectivity index (χ4v) is 12.6. The predicted octanol–water partition coefficient (Wildman–Crippen LogP) is 18.7. The van der Waals surface area contributed by atoms with Crippen molar-refractivity contribution in [2.45, 2.75) is 85.5 Å². The van der Waals surface area contributed by atoms with Crippen molar-refractivity contribution in [1.82, 2.24) is 4.57 Å². The summed E-state index contributed by atoms with van der Waals surface area (Å²) in [5, 5.41) is 1.21. The average Bonchev–Trinajstić information content (AvgIpc) is 3.92. The summed E-state index contributed by atoms with van der Waals surface area (Å²) < 4.78 is 2.67. The third-order valence-corrected chi connectivity index (χ3v) is 16.7. The van der Waals surface area contributed by atoms with E-state index in [9.17, 15) is 0 Å². The van der Waals surface area contributed by atoms with E-state index in [1.807, 2.05) is 0 Å². The molecule has 0 bridgehead atoms. The van der Waals surface area contributed by atoms with Gasteiger partial charge in [0.25, 0.3) is 6.71 Å². The van der Waals surface area contributed by atoms with Gasteiger partial charge in [0.2, 0.25) is 0 Å². The molecule has 0 unspecified atom stereocenters. The standard InChI is InChI=1S/C75H69BN4/c1-50-45-68-70-69(46-50)79(65-44-38-54(74(5,6)7)47-62(65)52-27-17-12-18-28-52)71-61-42-37-55(75(8,9)10)48-66(61)80(64-34-24-23-33-60(64)51-25-15-11-16-26-51)72(71)76(70)63-43-41-59(77(56-29-19-13-20-30-56)57-31-21-14-22-32-57)49-67(63)78(68)58-39-35-53(36-40-58)73(2,3)4/h11-49H,1-10H3. The maximum Gasteiger partial charge on any atom is 0.273 e. The van der Waals surface area contributed by atoms with Crippen molar-refractivity contribution in [2.24, 2.45) is 0 Å². The number of para-hydroxylation sites is 3. The largest absolute Gasteiger partial charge is 0.319 e. The van der Waals surface area contributed by atoms with Gasteiger partial charge < -0.3 is 19.3 Å². The first-order valence-electron chi connectivity index (χ1n) is 28.5. The topological polar surface area (TPSA) is 14.7 Å². The minimum atomic E-state index is -0.203. The van der Waals surface area contributed by atoms with E-state index in [2.05, 4.69) is 325 Å². The monoisotopic (exact) mass is 1040 g/mol. The zero-order valence-corrected chi connectivity index (χ0v) is 47.9. The smallest absolute Gasteiger partial charge is 0.273 e. The quantitative estimate of drug-likeness (QED) is 0.141. The van der Waals surface area contributed by atoms with E-state index in [1.54, 1.807) is 0 Å². The zero-order chi connectivity index (χ0) is 55.2. The van der Waals surface area contributed by atoms with E-state index in [0.29, 0.717) is 0 Å². The van der Waals surface area contributed by atoms with Gasteiger partial charge in [0.1, 0.15) is 0 Å². The van der Waals surface area contributed by atoms with E-state index >= 15 is 0 Å². The number of anilines is 9. The first kappa shape index (κ1) is 50.7. The Morgan fingerprint density at radius 3 is 1.49 bits per heavy atom. The van der Waals surface area contributed by atoms with Crippen LogP contribution in [0.15, 0.2) is 237 Å². The molecule has 11 aromatic rings. The highest BCUT2D eigenvalue weighted by Crippen LogP contribution is 2.52. The zero-order valence-electron chi connectivity index (χ0n) is 47.9. The number of hydrogen-bond acceptors (Lipinski definition) is 3. The molecule has 0 saturated carbocycles. The van der Waals surface area contributed by atoms with E-state index in [4.69, 9.17) is 0 Å².